The molecule has 0 N–H and O–H groups in total. The van der Waals surface area contributed by atoms with E-state index in [9.17, 15) is 4.79 Å². The van der Waals surface area contributed by atoms with Crippen LogP contribution in [0.15, 0.2) is 23.8 Å². The molecule has 0 aromatic rings. The first-order valence-electron chi connectivity index (χ1n) is 4.33. The van der Waals surface area contributed by atoms with E-state index in [1.165, 1.54) is 0 Å². The average Bonchev–Trinajstić information content (AvgIpc) is 2.51. The Morgan fingerprint density at radius 1 is 1.58 bits per heavy atom. The Hall–Kier alpha value is -1.05. The molecule has 1 aliphatic rings. The predicted molar refractivity (Wildman–Crippen MR) is 47.6 cm³/mol. The van der Waals surface area contributed by atoms with Crippen molar-refractivity contribution in [3.63, 3.8) is 0 Å². The van der Waals surface area contributed by atoms with Gasteiger partial charge in [-0.3, -0.25) is 4.79 Å². The maximum Gasteiger partial charge on any atom is 0.316 e. The van der Waals surface area contributed by atoms with Crippen molar-refractivity contribution in [2.45, 2.75) is 20.3 Å². The van der Waals surface area contributed by atoms with Gasteiger partial charge in [0.25, 0.3) is 0 Å². The van der Waals surface area contributed by atoms with E-state index in [0.717, 1.165) is 12.0 Å². The molecule has 0 aliphatic heterocycles. The third-order valence-electron chi connectivity index (χ3n) is 1.96. The van der Waals surface area contributed by atoms with E-state index in [0.29, 0.717) is 6.61 Å². The highest BCUT2D eigenvalue weighted by molar-refractivity contribution is 5.79. The van der Waals surface area contributed by atoms with E-state index in [2.05, 4.69) is 0 Å². The van der Waals surface area contributed by atoms with E-state index < -0.39 is 0 Å². The Morgan fingerprint density at radius 2 is 2.33 bits per heavy atom. The number of hydrogen-bond donors (Lipinski definition) is 0. The summed E-state index contributed by atoms with van der Waals surface area (Å²) in [6, 6.07) is 0. The first-order chi connectivity index (χ1) is 5.79. The molecule has 0 amide bonds. The Bertz CT molecular complexity index is 226. The Morgan fingerprint density at radius 3 is 2.92 bits per heavy atom. The third kappa shape index (κ3) is 1.76. The minimum atomic E-state index is -0.126. The molecule has 0 fully saturated rings. The molecule has 0 aromatic heterocycles. The number of carbonyl (C=O) groups is 1. The van der Waals surface area contributed by atoms with Gasteiger partial charge in [0, 0.05) is 0 Å². The number of rotatable bonds is 3. The zero-order valence-electron chi connectivity index (χ0n) is 7.54. The maximum atomic E-state index is 11.3. The minimum absolute atomic E-state index is 0.116. The highest BCUT2D eigenvalue weighted by atomic mass is 16.5. The Labute approximate surface area is 72.9 Å². The van der Waals surface area contributed by atoms with Gasteiger partial charge in [-0.25, -0.2) is 0 Å². The van der Waals surface area contributed by atoms with Crippen molar-refractivity contribution in [2.75, 3.05) is 6.61 Å². The van der Waals surface area contributed by atoms with Crippen LogP contribution in [-0.4, -0.2) is 12.6 Å². The predicted octanol–water partition coefficient (Wildman–Crippen LogP) is 2.07. The van der Waals surface area contributed by atoms with Crippen LogP contribution in [0.2, 0.25) is 0 Å². The third-order valence-corrected chi connectivity index (χ3v) is 1.96. The van der Waals surface area contributed by atoms with Crippen molar-refractivity contribution in [3.05, 3.63) is 23.8 Å². The average molecular weight is 166 g/mol. The number of carbonyl (C=O) groups excluding carboxylic acids is 1. The van der Waals surface area contributed by atoms with Gasteiger partial charge in [0.15, 0.2) is 0 Å². The highest BCUT2D eigenvalue weighted by Gasteiger charge is 2.22. The Kier molecular flexibility index (Phi) is 3.09. The minimum Gasteiger partial charge on any atom is -0.465 e. The normalized spacial score (nSPS) is 20.8. The molecule has 0 heterocycles. The molecular weight excluding hydrogens is 152 g/mol. The highest BCUT2D eigenvalue weighted by Crippen LogP contribution is 2.23. The van der Waals surface area contributed by atoms with Crippen LogP contribution >= 0.6 is 0 Å². The van der Waals surface area contributed by atoms with Crippen LogP contribution in [0.1, 0.15) is 20.3 Å². The van der Waals surface area contributed by atoms with Gasteiger partial charge in [0.05, 0.1) is 12.5 Å². The molecule has 1 aliphatic carbocycles. The first kappa shape index (κ1) is 9.04. The molecule has 0 saturated heterocycles. The second-order valence-corrected chi connectivity index (χ2v) is 2.71. The topological polar surface area (TPSA) is 26.3 Å². The molecule has 0 spiro atoms. The number of esters is 1. The van der Waals surface area contributed by atoms with Crippen molar-refractivity contribution in [2.24, 2.45) is 5.92 Å². The van der Waals surface area contributed by atoms with Gasteiger partial charge >= 0.3 is 5.97 Å². The maximum absolute atomic E-state index is 11.3. The van der Waals surface area contributed by atoms with Crippen LogP contribution in [0.4, 0.5) is 0 Å². The van der Waals surface area contributed by atoms with Gasteiger partial charge in [-0.2, -0.15) is 0 Å². The molecule has 1 rings (SSSR count). The summed E-state index contributed by atoms with van der Waals surface area (Å²) in [5, 5.41) is 0. The summed E-state index contributed by atoms with van der Waals surface area (Å²) in [6.07, 6.45) is 6.70. The van der Waals surface area contributed by atoms with Crippen LogP contribution in [-0.2, 0) is 9.53 Å². The molecule has 2 heteroatoms. The van der Waals surface area contributed by atoms with Crippen molar-refractivity contribution < 1.29 is 9.53 Å². The van der Waals surface area contributed by atoms with Crippen LogP contribution in [0.25, 0.3) is 0 Å². The molecular formula is C10H14O2. The van der Waals surface area contributed by atoms with Crippen LogP contribution < -0.4 is 0 Å². The van der Waals surface area contributed by atoms with E-state index >= 15 is 0 Å². The van der Waals surface area contributed by atoms with Gasteiger partial charge in [-0.1, -0.05) is 30.7 Å². The molecule has 66 valence electrons. The molecule has 0 aromatic carbocycles. The molecule has 2 nitrogen and oxygen atoms in total. The molecule has 0 radical (unpaired) electrons. The van der Waals surface area contributed by atoms with Gasteiger partial charge in [0.1, 0.15) is 0 Å². The zero-order chi connectivity index (χ0) is 8.97. The summed E-state index contributed by atoms with van der Waals surface area (Å²) in [5.74, 6) is -0.241. The SMILES string of the molecule is CCOC(=O)C1C=CC=C1CC. The van der Waals surface area contributed by atoms with E-state index in [1.807, 2.05) is 32.1 Å². The van der Waals surface area contributed by atoms with Crippen molar-refractivity contribution >= 4 is 5.97 Å². The molecule has 1 unspecified atom stereocenters. The first-order valence-corrected chi connectivity index (χ1v) is 4.33. The van der Waals surface area contributed by atoms with Gasteiger partial charge in [-0.05, 0) is 13.3 Å². The summed E-state index contributed by atoms with van der Waals surface area (Å²) in [4.78, 5) is 11.3. The quantitative estimate of drug-likeness (QED) is 0.600. The van der Waals surface area contributed by atoms with E-state index in [-0.39, 0.29) is 11.9 Å². The second kappa shape index (κ2) is 4.10. The van der Waals surface area contributed by atoms with Crippen LogP contribution in [0, 0.1) is 5.92 Å². The summed E-state index contributed by atoms with van der Waals surface area (Å²) >= 11 is 0. The van der Waals surface area contributed by atoms with Gasteiger partial charge in [-0.15, -0.1) is 0 Å². The molecule has 1 atom stereocenters. The number of hydrogen-bond acceptors (Lipinski definition) is 2. The molecule has 0 bridgehead atoms. The molecule has 12 heavy (non-hydrogen) atoms. The van der Waals surface area contributed by atoms with Crippen LogP contribution in [0.3, 0.4) is 0 Å². The van der Waals surface area contributed by atoms with Gasteiger partial charge < -0.3 is 4.74 Å². The number of allylic oxidation sites excluding steroid dienone is 2. The van der Waals surface area contributed by atoms with E-state index in [4.69, 9.17) is 4.74 Å². The summed E-state index contributed by atoms with van der Waals surface area (Å²) in [5.41, 5.74) is 1.15. The lowest BCUT2D eigenvalue weighted by atomic mass is 10.0. The Balaban J connectivity index is 2.58. The van der Waals surface area contributed by atoms with E-state index in [1.54, 1.807) is 0 Å². The van der Waals surface area contributed by atoms with Crippen molar-refractivity contribution in [3.8, 4) is 0 Å². The number of ether oxygens (including phenoxy) is 1. The lowest BCUT2D eigenvalue weighted by Gasteiger charge is -2.10. The lowest BCUT2D eigenvalue weighted by Crippen LogP contribution is -2.16. The lowest BCUT2D eigenvalue weighted by molar-refractivity contribution is -0.145. The van der Waals surface area contributed by atoms with Gasteiger partial charge in [0.2, 0.25) is 0 Å². The van der Waals surface area contributed by atoms with Crippen LogP contribution in [0.5, 0.6) is 0 Å². The smallest absolute Gasteiger partial charge is 0.316 e. The largest absolute Gasteiger partial charge is 0.465 e. The summed E-state index contributed by atoms with van der Waals surface area (Å²) in [6.45, 7) is 4.33. The summed E-state index contributed by atoms with van der Waals surface area (Å²) in [7, 11) is 0. The monoisotopic (exact) mass is 166 g/mol. The van der Waals surface area contributed by atoms with Crippen molar-refractivity contribution in [1.82, 2.24) is 0 Å². The van der Waals surface area contributed by atoms with Crippen molar-refractivity contribution in [1.29, 1.82) is 0 Å². The standard InChI is InChI=1S/C10H14O2/c1-3-8-6-5-7-9(8)10(11)12-4-2/h5-7,9H,3-4H2,1-2H3. The zero-order valence-corrected chi connectivity index (χ0v) is 7.54. The fourth-order valence-corrected chi connectivity index (χ4v) is 1.32. The second-order valence-electron chi connectivity index (χ2n) is 2.71. The summed E-state index contributed by atoms with van der Waals surface area (Å²) < 4.78 is 4.93. The fourth-order valence-electron chi connectivity index (χ4n) is 1.32. The fraction of sp³-hybridized carbons (Fsp3) is 0.500. The molecule has 0 saturated carbocycles.